The first-order valence-corrected chi connectivity index (χ1v) is 7.90. The van der Waals surface area contributed by atoms with Crippen LogP contribution in [0, 0.1) is 0 Å². The highest BCUT2D eigenvalue weighted by atomic mass is 16.3. The molecule has 2 atom stereocenters. The molecule has 1 aliphatic rings. The van der Waals surface area contributed by atoms with E-state index in [1.165, 1.54) is 12.8 Å². The Kier molecular flexibility index (Phi) is 6.21. The molecule has 1 fully saturated rings. The summed E-state index contributed by atoms with van der Waals surface area (Å²) in [4.78, 5) is 14.5. The van der Waals surface area contributed by atoms with Crippen LogP contribution in [0.4, 0.5) is 0 Å². The molecule has 0 saturated carbocycles. The van der Waals surface area contributed by atoms with Crippen LogP contribution in [0.25, 0.3) is 0 Å². The number of benzene rings is 1. The van der Waals surface area contributed by atoms with Crippen molar-refractivity contribution < 1.29 is 9.90 Å². The molecule has 0 spiro atoms. The summed E-state index contributed by atoms with van der Waals surface area (Å²) in [5, 5.41) is 12.2. The summed E-state index contributed by atoms with van der Waals surface area (Å²) in [5.74, 6) is 0.0792. The monoisotopic (exact) mass is 290 g/mol. The van der Waals surface area contributed by atoms with E-state index in [1.54, 1.807) is 0 Å². The average molecular weight is 290 g/mol. The molecular formula is C17H26N2O2. The third kappa shape index (κ3) is 4.83. The molecule has 1 aliphatic heterocycles. The van der Waals surface area contributed by atoms with Crippen LogP contribution in [0.15, 0.2) is 30.3 Å². The molecular weight excluding hydrogens is 264 g/mol. The van der Waals surface area contributed by atoms with Gasteiger partial charge in [-0.15, -0.1) is 0 Å². The highest BCUT2D eigenvalue weighted by molar-refractivity contribution is 5.78. The zero-order valence-corrected chi connectivity index (χ0v) is 12.8. The summed E-state index contributed by atoms with van der Waals surface area (Å²) in [5.41, 5.74) is 1.11. The number of amides is 1. The molecule has 0 radical (unpaired) electrons. The van der Waals surface area contributed by atoms with E-state index in [0.717, 1.165) is 18.5 Å². The number of aliphatic hydroxyl groups excluding tert-OH is 1. The zero-order chi connectivity index (χ0) is 15.1. The minimum atomic E-state index is -0.0104. The van der Waals surface area contributed by atoms with Crippen LogP contribution in [0.5, 0.6) is 0 Å². The Balaban J connectivity index is 1.93. The van der Waals surface area contributed by atoms with E-state index >= 15 is 0 Å². The fourth-order valence-electron chi connectivity index (χ4n) is 2.95. The maximum atomic E-state index is 12.3. The fourth-order valence-corrected chi connectivity index (χ4v) is 2.95. The van der Waals surface area contributed by atoms with Crippen LogP contribution in [0.3, 0.4) is 0 Å². The van der Waals surface area contributed by atoms with E-state index in [2.05, 4.69) is 17.1 Å². The van der Waals surface area contributed by atoms with E-state index < -0.39 is 0 Å². The molecule has 0 aliphatic carbocycles. The van der Waals surface area contributed by atoms with Crippen LogP contribution in [0.1, 0.15) is 44.2 Å². The number of aliphatic hydroxyl groups is 1. The predicted molar refractivity (Wildman–Crippen MR) is 83.9 cm³/mol. The van der Waals surface area contributed by atoms with Gasteiger partial charge in [0.15, 0.2) is 0 Å². The topological polar surface area (TPSA) is 52.6 Å². The molecule has 2 unspecified atom stereocenters. The Morgan fingerprint density at radius 2 is 2.19 bits per heavy atom. The summed E-state index contributed by atoms with van der Waals surface area (Å²) in [6.07, 6.45) is 3.82. The number of carbonyl (C=O) groups is 1. The van der Waals surface area contributed by atoms with Gasteiger partial charge in [-0.1, -0.05) is 30.3 Å². The first kappa shape index (κ1) is 16.0. The highest BCUT2D eigenvalue weighted by Gasteiger charge is 2.23. The number of rotatable bonds is 7. The van der Waals surface area contributed by atoms with Crippen molar-refractivity contribution in [3.05, 3.63) is 35.9 Å². The largest absolute Gasteiger partial charge is 0.396 e. The van der Waals surface area contributed by atoms with E-state index in [-0.39, 0.29) is 18.6 Å². The molecule has 1 amide bonds. The number of carbonyl (C=O) groups excluding carboxylic acids is 1. The van der Waals surface area contributed by atoms with Crippen LogP contribution in [0.2, 0.25) is 0 Å². The van der Waals surface area contributed by atoms with Crippen LogP contribution < -0.4 is 5.32 Å². The van der Waals surface area contributed by atoms with Gasteiger partial charge in [-0.05, 0) is 44.7 Å². The fraction of sp³-hybridized carbons (Fsp3) is 0.588. The Morgan fingerprint density at radius 3 is 2.81 bits per heavy atom. The van der Waals surface area contributed by atoms with Gasteiger partial charge in [0.25, 0.3) is 0 Å². The van der Waals surface area contributed by atoms with Crippen LogP contribution >= 0.6 is 0 Å². The summed E-state index contributed by atoms with van der Waals surface area (Å²) < 4.78 is 0. The standard InChI is InChI=1S/C17H26N2O2/c1-14-7-5-11-19(14)13-17(21)18-16(10-6-12-20)15-8-3-2-4-9-15/h2-4,8-9,14,16,20H,5-7,10-13H2,1H3,(H,18,21). The summed E-state index contributed by atoms with van der Waals surface area (Å²) in [6.45, 7) is 3.83. The lowest BCUT2D eigenvalue weighted by Crippen LogP contribution is -2.40. The molecule has 2 rings (SSSR count). The molecule has 1 heterocycles. The minimum absolute atomic E-state index is 0.0104. The molecule has 2 N–H and O–H groups in total. The predicted octanol–water partition coefficient (Wildman–Crippen LogP) is 2.10. The molecule has 1 aromatic rings. The molecule has 21 heavy (non-hydrogen) atoms. The zero-order valence-electron chi connectivity index (χ0n) is 12.8. The lowest BCUT2D eigenvalue weighted by atomic mass is 10.0. The molecule has 4 heteroatoms. The molecule has 4 nitrogen and oxygen atoms in total. The maximum Gasteiger partial charge on any atom is 0.234 e. The Morgan fingerprint density at radius 1 is 1.43 bits per heavy atom. The van der Waals surface area contributed by atoms with Crippen molar-refractivity contribution in [1.82, 2.24) is 10.2 Å². The number of nitrogens with zero attached hydrogens (tertiary/aromatic N) is 1. The van der Waals surface area contributed by atoms with Gasteiger partial charge in [0.2, 0.25) is 5.91 Å². The van der Waals surface area contributed by atoms with Gasteiger partial charge >= 0.3 is 0 Å². The first-order chi connectivity index (χ1) is 10.2. The van der Waals surface area contributed by atoms with Crippen molar-refractivity contribution in [1.29, 1.82) is 0 Å². The first-order valence-electron chi connectivity index (χ1n) is 7.90. The normalized spacial score (nSPS) is 20.4. The van der Waals surface area contributed by atoms with Gasteiger partial charge in [-0.2, -0.15) is 0 Å². The van der Waals surface area contributed by atoms with Gasteiger partial charge in [0.05, 0.1) is 12.6 Å². The van der Waals surface area contributed by atoms with E-state index in [9.17, 15) is 4.79 Å². The molecule has 116 valence electrons. The van der Waals surface area contributed by atoms with Crippen LogP contribution in [-0.2, 0) is 4.79 Å². The second kappa shape index (κ2) is 8.15. The summed E-state index contributed by atoms with van der Waals surface area (Å²) in [7, 11) is 0. The smallest absolute Gasteiger partial charge is 0.234 e. The lowest BCUT2D eigenvalue weighted by Gasteiger charge is -2.23. The number of nitrogens with one attached hydrogen (secondary N) is 1. The SMILES string of the molecule is CC1CCCN1CC(=O)NC(CCCO)c1ccccc1. The second-order valence-corrected chi connectivity index (χ2v) is 5.86. The summed E-state index contributed by atoms with van der Waals surface area (Å²) >= 11 is 0. The minimum Gasteiger partial charge on any atom is -0.396 e. The van der Waals surface area contributed by atoms with E-state index in [0.29, 0.717) is 19.0 Å². The van der Waals surface area contributed by atoms with Gasteiger partial charge in [-0.3, -0.25) is 9.69 Å². The lowest BCUT2D eigenvalue weighted by molar-refractivity contribution is -0.123. The third-order valence-electron chi connectivity index (χ3n) is 4.23. The van der Waals surface area contributed by atoms with Crippen molar-refractivity contribution in [3.63, 3.8) is 0 Å². The number of hydrogen-bond acceptors (Lipinski definition) is 3. The van der Waals surface area contributed by atoms with E-state index in [1.807, 2.05) is 30.3 Å². The van der Waals surface area contributed by atoms with Gasteiger partial charge in [0.1, 0.15) is 0 Å². The molecule has 0 aromatic heterocycles. The van der Waals surface area contributed by atoms with Crippen molar-refractivity contribution in [2.45, 2.75) is 44.7 Å². The van der Waals surface area contributed by atoms with E-state index in [4.69, 9.17) is 5.11 Å². The summed E-state index contributed by atoms with van der Waals surface area (Å²) in [6, 6.07) is 10.5. The maximum absolute atomic E-state index is 12.3. The van der Waals surface area contributed by atoms with Crippen molar-refractivity contribution >= 4 is 5.91 Å². The Hall–Kier alpha value is -1.39. The van der Waals surface area contributed by atoms with Crippen molar-refractivity contribution in [3.8, 4) is 0 Å². The molecule has 1 saturated heterocycles. The van der Waals surface area contributed by atoms with Crippen molar-refractivity contribution in [2.75, 3.05) is 19.7 Å². The van der Waals surface area contributed by atoms with Gasteiger partial charge < -0.3 is 10.4 Å². The number of likely N-dealkylation sites (tertiary alicyclic amines) is 1. The Bertz CT molecular complexity index is 436. The third-order valence-corrected chi connectivity index (χ3v) is 4.23. The number of hydrogen-bond donors (Lipinski definition) is 2. The molecule has 1 aromatic carbocycles. The Labute approximate surface area is 127 Å². The van der Waals surface area contributed by atoms with Gasteiger partial charge in [0, 0.05) is 12.6 Å². The van der Waals surface area contributed by atoms with Gasteiger partial charge in [-0.25, -0.2) is 0 Å². The molecule has 0 bridgehead atoms. The van der Waals surface area contributed by atoms with Crippen molar-refractivity contribution in [2.24, 2.45) is 0 Å². The van der Waals surface area contributed by atoms with Crippen LogP contribution in [-0.4, -0.2) is 41.7 Å². The second-order valence-electron chi connectivity index (χ2n) is 5.86. The highest BCUT2D eigenvalue weighted by Crippen LogP contribution is 2.19. The quantitative estimate of drug-likeness (QED) is 0.808. The average Bonchev–Trinajstić information content (AvgIpc) is 2.89.